The average Bonchev–Trinajstić information content (AvgIpc) is 2.48. The number of carbonyl (C=O) groups is 1. The summed E-state index contributed by atoms with van der Waals surface area (Å²) in [6, 6.07) is 5.72. The molecule has 1 aromatic rings. The van der Waals surface area contributed by atoms with Crippen LogP contribution in [0.5, 0.6) is 5.75 Å². The molecule has 2 heterocycles. The summed E-state index contributed by atoms with van der Waals surface area (Å²) in [6.07, 6.45) is 4.58. The fourth-order valence-electron chi connectivity index (χ4n) is 3.59. The van der Waals surface area contributed by atoms with Crippen molar-refractivity contribution in [1.29, 1.82) is 0 Å². The zero-order valence-corrected chi connectivity index (χ0v) is 12.9. The van der Waals surface area contributed by atoms with Crippen molar-refractivity contribution in [1.82, 2.24) is 4.90 Å². The lowest BCUT2D eigenvalue weighted by atomic mass is 9.84. The van der Waals surface area contributed by atoms with Crippen LogP contribution in [-0.4, -0.2) is 43.2 Å². The Bertz CT molecular complexity index is 531. The molecule has 1 aromatic carbocycles. The minimum absolute atomic E-state index is 0.0703. The fourth-order valence-corrected chi connectivity index (χ4v) is 3.59. The Morgan fingerprint density at radius 3 is 2.62 bits per heavy atom. The number of rotatable bonds is 3. The fraction of sp³-hybridized carbons (Fsp3) is 0.588. The monoisotopic (exact) mass is 289 g/mol. The smallest absolute Gasteiger partial charge is 0.338 e. The van der Waals surface area contributed by atoms with Crippen molar-refractivity contribution in [3.63, 3.8) is 0 Å². The van der Waals surface area contributed by atoms with Gasteiger partial charge >= 0.3 is 5.97 Å². The van der Waals surface area contributed by atoms with Gasteiger partial charge in [0.25, 0.3) is 0 Å². The van der Waals surface area contributed by atoms with E-state index in [1.165, 1.54) is 33.0 Å². The van der Waals surface area contributed by atoms with Crippen molar-refractivity contribution in [2.75, 3.05) is 26.7 Å². The number of hydrogen-bond donors (Lipinski definition) is 0. The maximum Gasteiger partial charge on any atom is 0.338 e. The molecule has 2 bridgehead atoms. The lowest BCUT2D eigenvalue weighted by Crippen LogP contribution is -2.55. The summed E-state index contributed by atoms with van der Waals surface area (Å²) in [5, 5.41) is 0. The summed E-state index contributed by atoms with van der Waals surface area (Å²) in [5.74, 6) is 0.481. The third kappa shape index (κ3) is 2.91. The Hall–Kier alpha value is -1.55. The minimum Gasteiger partial charge on any atom is -0.486 e. The number of methoxy groups -OCH3 is 1. The van der Waals surface area contributed by atoms with E-state index in [9.17, 15) is 4.79 Å². The number of fused-ring (bicyclic) bond motifs is 2. The van der Waals surface area contributed by atoms with E-state index in [4.69, 9.17) is 9.47 Å². The quantitative estimate of drug-likeness (QED) is 0.802. The molecule has 4 heteroatoms. The Kier molecular flexibility index (Phi) is 3.89. The summed E-state index contributed by atoms with van der Waals surface area (Å²) in [5.41, 5.74) is 1.44. The van der Waals surface area contributed by atoms with E-state index in [0.29, 0.717) is 5.56 Å². The van der Waals surface area contributed by atoms with Crippen LogP contribution in [0.1, 0.15) is 41.6 Å². The number of benzene rings is 1. The second-order valence-electron chi connectivity index (χ2n) is 6.24. The van der Waals surface area contributed by atoms with E-state index < -0.39 is 0 Å². The van der Waals surface area contributed by atoms with Gasteiger partial charge in [-0.2, -0.15) is 0 Å². The third-order valence-corrected chi connectivity index (χ3v) is 4.67. The molecule has 0 atom stereocenters. The van der Waals surface area contributed by atoms with Crippen LogP contribution in [0, 0.1) is 6.92 Å². The van der Waals surface area contributed by atoms with Gasteiger partial charge in [-0.05, 0) is 63.4 Å². The number of carbonyl (C=O) groups excluding carboxylic acids is 1. The zero-order valence-electron chi connectivity index (χ0n) is 12.9. The van der Waals surface area contributed by atoms with E-state index >= 15 is 0 Å². The van der Waals surface area contributed by atoms with Crippen molar-refractivity contribution in [2.24, 2.45) is 0 Å². The van der Waals surface area contributed by atoms with E-state index in [-0.39, 0.29) is 11.6 Å². The number of aryl methyl sites for hydroxylation is 1. The van der Waals surface area contributed by atoms with Crippen LogP contribution in [-0.2, 0) is 4.74 Å². The van der Waals surface area contributed by atoms with Gasteiger partial charge < -0.3 is 9.47 Å². The Morgan fingerprint density at radius 2 is 1.95 bits per heavy atom. The van der Waals surface area contributed by atoms with E-state index in [1.54, 1.807) is 0 Å². The molecule has 2 fully saturated rings. The maximum absolute atomic E-state index is 11.8. The molecule has 2 aliphatic heterocycles. The van der Waals surface area contributed by atoms with Crippen LogP contribution in [0.4, 0.5) is 0 Å². The normalized spacial score (nSPS) is 28.0. The van der Waals surface area contributed by atoms with Crippen LogP contribution in [0.3, 0.4) is 0 Å². The number of nitrogens with zero attached hydrogens (tertiary/aromatic N) is 1. The molecular weight excluding hydrogens is 266 g/mol. The second kappa shape index (κ2) is 5.68. The molecule has 0 amide bonds. The predicted octanol–water partition coefficient (Wildman–Crippen LogP) is 2.79. The average molecular weight is 289 g/mol. The highest BCUT2D eigenvalue weighted by molar-refractivity contribution is 5.91. The van der Waals surface area contributed by atoms with Crippen molar-refractivity contribution < 1.29 is 14.3 Å². The summed E-state index contributed by atoms with van der Waals surface area (Å²) < 4.78 is 11.2. The van der Waals surface area contributed by atoms with Gasteiger partial charge in [0.2, 0.25) is 0 Å². The highest BCUT2D eigenvalue weighted by Crippen LogP contribution is 2.35. The highest BCUT2D eigenvalue weighted by Gasteiger charge is 2.40. The molecule has 2 saturated heterocycles. The van der Waals surface area contributed by atoms with Gasteiger partial charge in [0.15, 0.2) is 0 Å². The molecule has 0 N–H and O–H groups in total. The number of piperidine rings is 2. The van der Waals surface area contributed by atoms with Gasteiger partial charge in [0.1, 0.15) is 11.4 Å². The molecule has 2 aliphatic rings. The minimum atomic E-state index is -0.302. The summed E-state index contributed by atoms with van der Waals surface area (Å²) in [7, 11) is 1.41. The lowest BCUT2D eigenvalue weighted by Gasteiger charge is -2.46. The first-order chi connectivity index (χ1) is 10.1. The van der Waals surface area contributed by atoms with Crippen LogP contribution in [0.2, 0.25) is 0 Å². The Labute approximate surface area is 126 Å². The molecule has 0 aliphatic carbocycles. The van der Waals surface area contributed by atoms with E-state index in [1.807, 2.05) is 25.1 Å². The first-order valence-electron chi connectivity index (χ1n) is 7.72. The van der Waals surface area contributed by atoms with Gasteiger partial charge in [0.05, 0.1) is 12.7 Å². The first kappa shape index (κ1) is 14.4. The topological polar surface area (TPSA) is 38.8 Å². The molecule has 3 rings (SSSR count). The molecule has 0 unspecified atom stereocenters. The van der Waals surface area contributed by atoms with Gasteiger partial charge in [-0.3, -0.25) is 4.90 Å². The largest absolute Gasteiger partial charge is 0.486 e. The molecule has 0 saturated carbocycles. The van der Waals surface area contributed by atoms with Crippen molar-refractivity contribution in [3.05, 3.63) is 29.3 Å². The number of ether oxygens (including phenoxy) is 2. The molecule has 4 nitrogen and oxygen atoms in total. The second-order valence-corrected chi connectivity index (χ2v) is 6.24. The first-order valence-corrected chi connectivity index (χ1v) is 7.72. The molecule has 114 valence electrons. The van der Waals surface area contributed by atoms with Crippen LogP contribution in [0.15, 0.2) is 18.2 Å². The van der Waals surface area contributed by atoms with E-state index in [2.05, 4.69) is 4.90 Å². The van der Waals surface area contributed by atoms with Crippen molar-refractivity contribution in [2.45, 2.75) is 38.2 Å². The van der Waals surface area contributed by atoms with Gasteiger partial charge in [-0.15, -0.1) is 0 Å². The van der Waals surface area contributed by atoms with Crippen molar-refractivity contribution in [3.8, 4) is 5.75 Å². The molecule has 0 radical (unpaired) electrons. The number of esters is 1. The highest BCUT2D eigenvalue weighted by atomic mass is 16.5. The molecule has 0 aromatic heterocycles. The summed E-state index contributed by atoms with van der Waals surface area (Å²) in [6.45, 7) is 5.30. The Balaban J connectivity index is 1.82. The predicted molar refractivity (Wildman–Crippen MR) is 80.8 cm³/mol. The van der Waals surface area contributed by atoms with Crippen molar-refractivity contribution >= 4 is 5.97 Å². The molecule has 21 heavy (non-hydrogen) atoms. The van der Waals surface area contributed by atoms with E-state index in [0.717, 1.165) is 30.7 Å². The lowest BCUT2D eigenvalue weighted by molar-refractivity contribution is -0.0427. The van der Waals surface area contributed by atoms with Gasteiger partial charge in [-0.25, -0.2) is 4.79 Å². The zero-order chi connectivity index (χ0) is 14.9. The van der Waals surface area contributed by atoms with Crippen LogP contribution in [0.25, 0.3) is 0 Å². The molecule has 0 spiro atoms. The van der Waals surface area contributed by atoms with Gasteiger partial charge in [-0.1, -0.05) is 6.07 Å². The van der Waals surface area contributed by atoms with Crippen LogP contribution < -0.4 is 4.74 Å². The molecular formula is C17H23NO3. The summed E-state index contributed by atoms with van der Waals surface area (Å²) >= 11 is 0. The SMILES string of the molecule is COC(=O)c1cc(OC23CCCN(CCC2)C3)ccc1C. The Morgan fingerprint density at radius 1 is 1.24 bits per heavy atom. The van der Waals surface area contributed by atoms with Gasteiger partial charge in [0, 0.05) is 6.54 Å². The number of hydrogen-bond acceptors (Lipinski definition) is 4. The van der Waals surface area contributed by atoms with Crippen LogP contribution >= 0.6 is 0 Å². The standard InChI is InChI=1S/C17H23NO3/c1-13-5-6-14(11-15(13)16(19)20-2)21-17-7-3-9-18(12-17)10-4-8-17/h5-6,11H,3-4,7-10,12H2,1-2H3. The summed E-state index contributed by atoms with van der Waals surface area (Å²) in [4.78, 5) is 14.3. The maximum atomic E-state index is 11.8. The third-order valence-electron chi connectivity index (χ3n) is 4.67.